The van der Waals surface area contributed by atoms with E-state index in [0.29, 0.717) is 28.4 Å². The predicted molar refractivity (Wildman–Crippen MR) is 86.6 cm³/mol. The van der Waals surface area contributed by atoms with Gasteiger partial charge in [-0.3, -0.25) is 10.1 Å². The molecule has 1 aromatic heterocycles. The van der Waals surface area contributed by atoms with E-state index < -0.39 is 4.92 Å². The number of aromatic nitrogens is 3. The van der Waals surface area contributed by atoms with Gasteiger partial charge in [-0.15, -0.1) is 5.10 Å². The third kappa shape index (κ3) is 2.76. The average molecular weight is 326 g/mol. The maximum atomic E-state index is 11.1. The molecule has 3 aromatic rings. The molecule has 3 rings (SSSR count). The van der Waals surface area contributed by atoms with E-state index in [-0.39, 0.29) is 5.69 Å². The minimum atomic E-state index is -0.440. The molecule has 0 aliphatic rings. The highest BCUT2D eigenvalue weighted by Gasteiger charge is 2.17. The van der Waals surface area contributed by atoms with Gasteiger partial charge in [-0.1, -0.05) is 17.3 Å². The van der Waals surface area contributed by atoms with E-state index >= 15 is 0 Å². The summed E-state index contributed by atoms with van der Waals surface area (Å²) in [6.45, 7) is 0. The normalized spacial score (nSPS) is 10.4. The Morgan fingerprint density at radius 2 is 1.83 bits per heavy atom. The lowest BCUT2D eigenvalue weighted by Gasteiger charge is -2.08. The number of nitrogens with zero attached hydrogens (tertiary/aromatic N) is 4. The molecule has 0 amide bonds. The molecule has 8 heteroatoms. The minimum Gasteiger partial charge on any atom is -0.493 e. The van der Waals surface area contributed by atoms with Crippen molar-refractivity contribution >= 4 is 5.69 Å². The highest BCUT2D eigenvalue weighted by Crippen LogP contribution is 2.31. The fourth-order valence-corrected chi connectivity index (χ4v) is 2.33. The minimum absolute atomic E-state index is 0.0168. The van der Waals surface area contributed by atoms with Crippen LogP contribution in [0.2, 0.25) is 0 Å². The van der Waals surface area contributed by atoms with Crippen molar-refractivity contribution in [1.29, 1.82) is 0 Å². The van der Waals surface area contributed by atoms with Crippen LogP contribution in [0.25, 0.3) is 16.9 Å². The molecule has 0 saturated carbocycles. The molecule has 0 unspecified atom stereocenters. The first kappa shape index (κ1) is 15.5. The first-order valence-corrected chi connectivity index (χ1v) is 7.02. The smallest absolute Gasteiger partial charge is 0.278 e. The summed E-state index contributed by atoms with van der Waals surface area (Å²) in [7, 11) is 3.10. The number of benzene rings is 2. The van der Waals surface area contributed by atoms with Gasteiger partial charge in [0.15, 0.2) is 11.5 Å². The quantitative estimate of drug-likeness (QED) is 0.529. The van der Waals surface area contributed by atoms with Gasteiger partial charge in [0.05, 0.1) is 36.6 Å². The Labute approximate surface area is 137 Å². The summed E-state index contributed by atoms with van der Waals surface area (Å²) in [4.78, 5) is 10.7. The van der Waals surface area contributed by atoms with E-state index in [9.17, 15) is 10.1 Å². The molecule has 0 bridgehead atoms. The molecule has 0 radical (unpaired) electrons. The standard InChI is InChI=1S/C16H14N4O4/c1-23-15-8-7-11(9-16(15)24-2)19-10-13(17-18-19)12-5-3-4-6-14(12)20(21)22/h3-10H,1-2H3. The number of para-hydroxylation sites is 1. The molecule has 0 atom stereocenters. The van der Waals surface area contributed by atoms with Crippen molar-refractivity contribution in [3.63, 3.8) is 0 Å². The predicted octanol–water partition coefficient (Wildman–Crippen LogP) is 2.86. The number of hydrogen-bond acceptors (Lipinski definition) is 6. The molecule has 1 heterocycles. The topological polar surface area (TPSA) is 92.3 Å². The fourth-order valence-electron chi connectivity index (χ4n) is 2.33. The zero-order valence-corrected chi connectivity index (χ0v) is 13.0. The second kappa shape index (κ2) is 6.37. The molecule has 0 fully saturated rings. The molecular formula is C16H14N4O4. The lowest BCUT2D eigenvalue weighted by molar-refractivity contribution is -0.384. The Balaban J connectivity index is 2.02. The molecule has 24 heavy (non-hydrogen) atoms. The van der Waals surface area contributed by atoms with Gasteiger partial charge in [-0.05, 0) is 18.2 Å². The van der Waals surface area contributed by atoms with Crippen molar-refractivity contribution in [2.75, 3.05) is 14.2 Å². The van der Waals surface area contributed by atoms with E-state index in [1.54, 1.807) is 56.8 Å². The Hall–Kier alpha value is -3.42. The number of ether oxygens (including phenoxy) is 2. The van der Waals surface area contributed by atoms with Crippen molar-refractivity contribution < 1.29 is 14.4 Å². The fraction of sp³-hybridized carbons (Fsp3) is 0.125. The average Bonchev–Trinajstić information content (AvgIpc) is 3.11. The highest BCUT2D eigenvalue weighted by atomic mass is 16.6. The van der Waals surface area contributed by atoms with Gasteiger partial charge in [0, 0.05) is 12.1 Å². The first-order chi connectivity index (χ1) is 11.6. The largest absolute Gasteiger partial charge is 0.493 e. The summed E-state index contributed by atoms with van der Waals surface area (Å²) < 4.78 is 12.0. The molecular weight excluding hydrogens is 312 g/mol. The van der Waals surface area contributed by atoms with E-state index in [4.69, 9.17) is 9.47 Å². The van der Waals surface area contributed by atoms with E-state index in [0.717, 1.165) is 0 Å². The second-order valence-electron chi connectivity index (χ2n) is 4.86. The summed E-state index contributed by atoms with van der Waals surface area (Å²) in [6.07, 6.45) is 1.63. The Morgan fingerprint density at radius 3 is 2.54 bits per heavy atom. The van der Waals surface area contributed by atoms with Crippen molar-refractivity contribution in [2.24, 2.45) is 0 Å². The van der Waals surface area contributed by atoms with Gasteiger partial charge >= 0.3 is 0 Å². The number of nitro benzene ring substituents is 1. The molecule has 122 valence electrons. The van der Waals surface area contributed by atoms with Crippen LogP contribution in [0.3, 0.4) is 0 Å². The lowest BCUT2D eigenvalue weighted by Crippen LogP contribution is -1.97. The summed E-state index contributed by atoms with van der Waals surface area (Å²) in [5.41, 5.74) is 1.51. The van der Waals surface area contributed by atoms with Crippen LogP contribution in [0.15, 0.2) is 48.7 Å². The van der Waals surface area contributed by atoms with Gasteiger partial charge in [-0.2, -0.15) is 0 Å². The third-order valence-corrected chi connectivity index (χ3v) is 3.50. The number of rotatable bonds is 5. The van der Waals surface area contributed by atoms with Crippen LogP contribution < -0.4 is 9.47 Å². The first-order valence-electron chi connectivity index (χ1n) is 7.02. The summed E-state index contributed by atoms with van der Waals surface area (Å²) in [5.74, 6) is 1.15. The Morgan fingerprint density at radius 1 is 1.08 bits per heavy atom. The van der Waals surface area contributed by atoms with Crippen molar-refractivity contribution in [3.05, 3.63) is 58.8 Å². The third-order valence-electron chi connectivity index (χ3n) is 3.50. The lowest BCUT2D eigenvalue weighted by atomic mass is 10.1. The SMILES string of the molecule is COc1ccc(-n2cc(-c3ccccc3[N+](=O)[O-])nn2)cc1OC. The van der Waals surface area contributed by atoms with Crippen LogP contribution in [0.5, 0.6) is 11.5 Å². The second-order valence-corrected chi connectivity index (χ2v) is 4.86. The summed E-state index contributed by atoms with van der Waals surface area (Å²) in [5, 5.41) is 19.2. The molecule has 0 saturated heterocycles. The molecule has 0 aliphatic heterocycles. The molecule has 2 aromatic carbocycles. The summed E-state index contributed by atoms with van der Waals surface area (Å²) >= 11 is 0. The number of hydrogen-bond donors (Lipinski definition) is 0. The van der Waals surface area contributed by atoms with Gasteiger partial charge in [-0.25, -0.2) is 4.68 Å². The zero-order valence-electron chi connectivity index (χ0n) is 13.0. The van der Waals surface area contributed by atoms with E-state index in [2.05, 4.69) is 10.3 Å². The Bertz CT molecular complexity index is 891. The van der Waals surface area contributed by atoms with Crippen LogP contribution in [0, 0.1) is 10.1 Å². The van der Waals surface area contributed by atoms with Crippen molar-refractivity contribution in [1.82, 2.24) is 15.0 Å². The van der Waals surface area contributed by atoms with Gasteiger partial charge < -0.3 is 9.47 Å². The number of methoxy groups -OCH3 is 2. The summed E-state index contributed by atoms with van der Waals surface area (Å²) in [6, 6.07) is 11.7. The van der Waals surface area contributed by atoms with Crippen LogP contribution in [0.4, 0.5) is 5.69 Å². The van der Waals surface area contributed by atoms with Gasteiger partial charge in [0.2, 0.25) is 0 Å². The molecule has 0 spiro atoms. The van der Waals surface area contributed by atoms with Crippen LogP contribution in [-0.4, -0.2) is 34.1 Å². The van der Waals surface area contributed by atoms with Crippen molar-refractivity contribution in [3.8, 4) is 28.4 Å². The van der Waals surface area contributed by atoms with Crippen LogP contribution in [-0.2, 0) is 0 Å². The van der Waals surface area contributed by atoms with Crippen LogP contribution in [0.1, 0.15) is 0 Å². The monoisotopic (exact) mass is 326 g/mol. The van der Waals surface area contributed by atoms with Crippen molar-refractivity contribution in [2.45, 2.75) is 0 Å². The molecule has 8 nitrogen and oxygen atoms in total. The highest BCUT2D eigenvalue weighted by molar-refractivity contribution is 5.69. The maximum absolute atomic E-state index is 11.1. The van der Waals surface area contributed by atoms with Gasteiger partial charge in [0.1, 0.15) is 5.69 Å². The van der Waals surface area contributed by atoms with Crippen LogP contribution >= 0.6 is 0 Å². The Kier molecular flexibility index (Phi) is 4.11. The van der Waals surface area contributed by atoms with E-state index in [1.807, 2.05) is 0 Å². The number of nitro groups is 1. The molecule has 0 N–H and O–H groups in total. The maximum Gasteiger partial charge on any atom is 0.278 e. The zero-order chi connectivity index (χ0) is 17.1. The molecule has 0 aliphatic carbocycles. The van der Waals surface area contributed by atoms with E-state index in [1.165, 1.54) is 10.7 Å². The van der Waals surface area contributed by atoms with Gasteiger partial charge in [0.25, 0.3) is 5.69 Å².